The number of carbonyl (C=O) groups excluding carboxylic acids is 1. The van der Waals surface area contributed by atoms with Crippen molar-refractivity contribution in [2.75, 3.05) is 11.9 Å². The first-order valence-electron chi connectivity index (χ1n) is 6.76. The molecule has 0 fully saturated rings. The fraction of sp³-hybridized carbons (Fsp3) is 0.267. The third-order valence-electron chi connectivity index (χ3n) is 3.21. The SMILES string of the molecule is Cn1cccc1[C@H](O)CCNC(=O)Nc1ccc(Cl)c(Cl)c1. The van der Waals surface area contributed by atoms with Crippen molar-refractivity contribution in [2.24, 2.45) is 7.05 Å². The van der Waals surface area contributed by atoms with Gasteiger partial charge in [-0.15, -0.1) is 0 Å². The Bertz CT molecular complexity index is 658. The quantitative estimate of drug-likeness (QED) is 0.778. The summed E-state index contributed by atoms with van der Waals surface area (Å²) in [6.07, 6.45) is 1.67. The number of rotatable bonds is 5. The maximum Gasteiger partial charge on any atom is 0.319 e. The number of anilines is 1. The monoisotopic (exact) mass is 341 g/mol. The van der Waals surface area contributed by atoms with E-state index in [2.05, 4.69) is 10.6 Å². The molecule has 1 atom stereocenters. The number of urea groups is 1. The van der Waals surface area contributed by atoms with Gasteiger partial charge in [-0.05, 0) is 36.8 Å². The highest BCUT2D eigenvalue weighted by molar-refractivity contribution is 6.42. The minimum Gasteiger partial charge on any atom is -0.387 e. The molecule has 0 aliphatic heterocycles. The number of aliphatic hydroxyl groups is 1. The van der Waals surface area contributed by atoms with Crippen LogP contribution in [0.1, 0.15) is 18.2 Å². The molecule has 1 aromatic carbocycles. The van der Waals surface area contributed by atoms with Crippen molar-refractivity contribution in [3.8, 4) is 0 Å². The fourth-order valence-electron chi connectivity index (χ4n) is 2.04. The number of amides is 2. The van der Waals surface area contributed by atoms with Crippen LogP contribution >= 0.6 is 23.2 Å². The Morgan fingerprint density at radius 3 is 2.73 bits per heavy atom. The summed E-state index contributed by atoms with van der Waals surface area (Å²) in [6.45, 7) is 0.347. The molecule has 0 spiro atoms. The van der Waals surface area contributed by atoms with Crippen LogP contribution in [-0.2, 0) is 7.05 Å². The van der Waals surface area contributed by atoms with Crippen LogP contribution in [0, 0.1) is 0 Å². The second-order valence-electron chi connectivity index (χ2n) is 4.86. The van der Waals surface area contributed by atoms with E-state index < -0.39 is 6.10 Å². The summed E-state index contributed by atoms with van der Waals surface area (Å²) < 4.78 is 1.85. The molecule has 0 radical (unpaired) electrons. The van der Waals surface area contributed by atoms with Crippen molar-refractivity contribution >= 4 is 34.9 Å². The number of nitrogens with one attached hydrogen (secondary N) is 2. The lowest BCUT2D eigenvalue weighted by atomic mass is 10.2. The van der Waals surface area contributed by atoms with Gasteiger partial charge >= 0.3 is 6.03 Å². The zero-order chi connectivity index (χ0) is 16.1. The van der Waals surface area contributed by atoms with Crippen LogP contribution in [-0.4, -0.2) is 22.2 Å². The first-order valence-corrected chi connectivity index (χ1v) is 7.52. The highest BCUT2D eigenvalue weighted by Crippen LogP contribution is 2.24. The van der Waals surface area contributed by atoms with Gasteiger partial charge in [-0.1, -0.05) is 23.2 Å². The van der Waals surface area contributed by atoms with Gasteiger partial charge in [0.15, 0.2) is 0 Å². The number of hydrogen-bond donors (Lipinski definition) is 3. The molecular formula is C15H17Cl2N3O2. The second kappa shape index (κ2) is 7.54. The lowest BCUT2D eigenvalue weighted by Gasteiger charge is -2.13. The smallest absolute Gasteiger partial charge is 0.319 e. The van der Waals surface area contributed by atoms with Gasteiger partial charge in [0.2, 0.25) is 0 Å². The van der Waals surface area contributed by atoms with Crippen molar-refractivity contribution in [2.45, 2.75) is 12.5 Å². The van der Waals surface area contributed by atoms with Crippen molar-refractivity contribution in [1.82, 2.24) is 9.88 Å². The molecule has 2 aromatic rings. The van der Waals surface area contributed by atoms with E-state index >= 15 is 0 Å². The van der Waals surface area contributed by atoms with E-state index in [1.165, 1.54) is 0 Å². The van der Waals surface area contributed by atoms with Gasteiger partial charge in [-0.2, -0.15) is 0 Å². The van der Waals surface area contributed by atoms with E-state index in [0.717, 1.165) is 5.69 Å². The molecule has 118 valence electrons. The van der Waals surface area contributed by atoms with Crippen LogP contribution < -0.4 is 10.6 Å². The number of aliphatic hydroxyl groups excluding tert-OH is 1. The minimum absolute atomic E-state index is 0.347. The highest BCUT2D eigenvalue weighted by Gasteiger charge is 2.11. The van der Waals surface area contributed by atoms with Gasteiger partial charge in [0, 0.05) is 31.2 Å². The van der Waals surface area contributed by atoms with Gasteiger partial charge in [0.05, 0.1) is 16.1 Å². The molecule has 22 heavy (non-hydrogen) atoms. The largest absolute Gasteiger partial charge is 0.387 e. The van der Waals surface area contributed by atoms with Gasteiger partial charge in [-0.3, -0.25) is 0 Å². The summed E-state index contributed by atoms with van der Waals surface area (Å²) in [4.78, 5) is 11.8. The molecule has 1 heterocycles. The van der Waals surface area contributed by atoms with Gasteiger partial charge < -0.3 is 20.3 Å². The average molecular weight is 342 g/mol. The van der Waals surface area contributed by atoms with Gasteiger partial charge in [-0.25, -0.2) is 4.79 Å². The number of benzene rings is 1. The Morgan fingerprint density at radius 1 is 1.32 bits per heavy atom. The van der Waals surface area contributed by atoms with Gasteiger partial charge in [0.25, 0.3) is 0 Å². The van der Waals surface area contributed by atoms with Crippen molar-refractivity contribution in [1.29, 1.82) is 0 Å². The lowest BCUT2D eigenvalue weighted by Crippen LogP contribution is -2.30. The van der Waals surface area contributed by atoms with E-state index in [4.69, 9.17) is 23.2 Å². The number of halogens is 2. The van der Waals surface area contributed by atoms with E-state index in [9.17, 15) is 9.90 Å². The summed E-state index contributed by atoms with van der Waals surface area (Å²) in [5.41, 5.74) is 1.36. The zero-order valence-electron chi connectivity index (χ0n) is 12.0. The predicted octanol–water partition coefficient (Wildman–Crippen LogP) is 3.58. The first-order chi connectivity index (χ1) is 10.5. The van der Waals surface area contributed by atoms with E-state index in [1.807, 2.05) is 29.9 Å². The minimum atomic E-state index is -0.620. The van der Waals surface area contributed by atoms with Crippen LogP contribution in [0.5, 0.6) is 0 Å². The Kier molecular flexibility index (Phi) is 5.71. The van der Waals surface area contributed by atoms with E-state index in [0.29, 0.717) is 28.7 Å². The summed E-state index contributed by atoms with van der Waals surface area (Å²) in [7, 11) is 1.86. The van der Waals surface area contributed by atoms with Crippen molar-refractivity contribution in [3.05, 3.63) is 52.3 Å². The Labute approximate surface area is 138 Å². The fourth-order valence-corrected chi connectivity index (χ4v) is 2.34. The molecule has 7 heteroatoms. The Hall–Kier alpha value is -1.69. The molecule has 0 saturated heterocycles. The molecule has 0 bridgehead atoms. The summed E-state index contributed by atoms with van der Waals surface area (Å²) >= 11 is 11.7. The third-order valence-corrected chi connectivity index (χ3v) is 3.95. The molecule has 0 aliphatic carbocycles. The van der Waals surface area contributed by atoms with Crippen LogP contribution in [0.15, 0.2) is 36.5 Å². The molecule has 1 aromatic heterocycles. The number of nitrogens with zero attached hydrogens (tertiary/aromatic N) is 1. The second-order valence-corrected chi connectivity index (χ2v) is 5.67. The molecule has 0 saturated carbocycles. The summed E-state index contributed by atoms with van der Waals surface area (Å²) in [5.74, 6) is 0. The average Bonchev–Trinajstić information content (AvgIpc) is 2.89. The predicted molar refractivity (Wildman–Crippen MR) is 88.5 cm³/mol. The maximum absolute atomic E-state index is 11.8. The number of carbonyl (C=O) groups is 1. The van der Waals surface area contributed by atoms with Crippen LogP contribution in [0.2, 0.25) is 10.0 Å². The van der Waals surface area contributed by atoms with Crippen LogP contribution in [0.25, 0.3) is 0 Å². The molecule has 5 nitrogen and oxygen atoms in total. The number of aromatic nitrogens is 1. The Balaban J connectivity index is 1.78. The van der Waals surface area contributed by atoms with E-state index in [-0.39, 0.29) is 6.03 Å². The van der Waals surface area contributed by atoms with E-state index in [1.54, 1.807) is 18.2 Å². The standard InChI is InChI=1S/C15H17Cl2N3O2/c1-20-8-2-3-13(20)14(21)6-7-18-15(22)19-10-4-5-11(16)12(17)9-10/h2-5,8-9,14,21H,6-7H2,1H3,(H2,18,19,22)/t14-/m1/s1. The molecule has 0 unspecified atom stereocenters. The zero-order valence-corrected chi connectivity index (χ0v) is 13.5. The molecule has 2 amide bonds. The lowest BCUT2D eigenvalue weighted by molar-refractivity contribution is 0.159. The summed E-state index contributed by atoms with van der Waals surface area (Å²) in [6, 6.07) is 8.19. The van der Waals surface area contributed by atoms with Gasteiger partial charge in [0.1, 0.15) is 0 Å². The number of hydrogen-bond acceptors (Lipinski definition) is 2. The molecule has 2 rings (SSSR count). The Morgan fingerprint density at radius 2 is 2.09 bits per heavy atom. The third kappa shape index (κ3) is 4.40. The number of aryl methyl sites for hydroxylation is 1. The topological polar surface area (TPSA) is 66.3 Å². The maximum atomic E-state index is 11.8. The first kappa shape index (κ1) is 16.7. The van der Waals surface area contributed by atoms with Crippen molar-refractivity contribution in [3.63, 3.8) is 0 Å². The highest BCUT2D eigenvalue weighted by atomic mass is 35.5. The normalized spacial score (nSPS) is 12.0. The molecular weight excluding hydrogens is 325 g/mol. The van der Waals surface area contributed by atoms with Crippen molar-refractivity contribution < 1.29 is 9.90 Å². The van der Waals surface area contributed by atoms with Crippen LogP contribution in [0.3, 0.4) is 0 Å². The molecule has 0 aliphatic rings. The molecule has 3 N–H and O–H groups in total. The van der Waals surface area contributed by atoms with Crippen LogP contribution in [0.4, 0.5) is 10.5 Å². The summed E-state index contributed by atoms with van der Waals surface area (Å²) in [5, 5.41) is 16.2.